The van der Waals surface area contributed by atoms with Gasteiger partial charge in [-0.1, -0.05) is 30.3 Å². The molecule has 1 aromatic carbocycles. The number of alkyl carbamates (subject to hydrolysis) is 1. The predicted octanol–water partition coefficient (Wildman–Crippen LogP) is 20.9. The number of hydrogen-bond donors (Lipinski definition) is 2. The first-order valence-corrected chi connectivity index (χ1v) is 32.7. The SMILES string of the molecule is C=C.C=C.C=C.C=C.C=C.C=C.C=C.C=C.C=C.C=C.C=C.C=C.C=C.C=C.C=C.C=C.C=C.C=C.C=C.C=C.C=C.C=C.C=C.C=C.COOOOOOOOOOOOOCC(COOOOOOOOOOOOOC)(COC(=O)NCCC(=O)O)CC(=O)CCC(=O)C(CC(=O)C1CCC(CN2C(=O)C=CC2=O)CC1)Cc1ccccc1. The number of nitrogens with zero attached hydrogens (tertiary/aromatic N) is 1. The van der Waals surface area contributed by atoms with Crippen molar-refractivity contribution in [1.29, 1.82) is 0 Å². The highest BCUT2D eigenvalue weighted by Gasteiger charge is 2.39. The highest BCUT2D eigenvalue weighted by atomic mass is 18.0. The molecule has 3 amide bonds. The normalized spacial score (nSPS) is 10.6. The largest absolute Gasteiger partial charge is 0.481 e. The third-order valence-electron chi connectivity index (χ3n) is 9.73. The molecule has 1 unspecified atom stereocenters. The van der Waals surface area contributed by atoms with E-state index < -0.39 is 74.0 Å². The minimum Gasteiger partial charge on any atom is -0.481 e. The van der Waals surface area contributed by atoms with Crippen LogP contribution < -0.4 is 5.32 Å². The smallest absolute Gasteiger partial charge is 0.407 e. The lowest BCUT2D eigenvalue weighted by Crippen LogP contribution is -2.41. The number of amides is 3. The van der Waals surface area contributed by atoms with E-state index in [1.165, 1.54) is 17.1 Å². The Morgan fingerprint density at radius 3 is 0.975 bits per heavy atom. The van der Waals surface area contributed by atoms with Crippen LogP contribution in [-0.2, 0) is 170 Å². The number of aliphatic carboxylic acids is 1. The molecule has 1 aliphatic carbocycles. The molecule has 2 N–H and O–H groups in total. The molecular formula is C84H144N2O35. The van der Waals surface area contributed by atoms with Crippen molar-refractivity contribution >= 4 is 41.2 Å². The second-order valence-corrected chi connectivity index (χ2v) is 14.6. The average Bonchev–Trinajstić information content (AvgIpc) is 1.77. The molecule has 1 aromatic rings. The number of ketones is 3. The number of hydrogen-bond acceptors (Lipinski definition) is 34. The first-order valence-electron chi connectivity index (χ1n) is 32.7. The van der Waals surface area contributed by atoms with Gasteiger partial charge in [-0.2, -0.15) is 0 Å². The van der Waals surface area contributed by atoms with Crippen LogP contribution in [0.1, 0.15) is 63.4 Å². The van der Waals surface area contributed by atoms with E-state index in [0.29, 0.717) is 25.7 Å². The summed E-state index contributed by atoms with van der Waals surface area (Å²) in [5.41, 5.74) is -1.18. The van der Waals surface area contributed by atoms with Gasteiger partial charge in [0.25, 0.3) is 11.8 Å². The summed E-state index contributed by atoms with van der Waals surface area (Å²) in [6, 6.07) is 8.88. The average molecular weight is 1740 g/mol. The molecule has 37 heteroatoms. The molecule has 0 bridgehead atoms. The van der Waals surface area contributed by atoms with Crippen LogP contribution in [0.15, 0.2) is 358 Å². The number of imide groups is 1. The molecule has 2 aliphatic rings. The molecule has 1 fully saturated rings. The molecule has 37 nitrogen and oxygen atoms in total. The third kappa shape index (κ3) is 141. The molecular weight excluding hydrogens is 1600 g/mol. The zero-order valence-corrected chi connectivity index (χ0v) is 72.1. The fourth-order valence-corrected chi connectivity index (χ4v) is 6.53. The Labute approximate surface area is 720 Å². The molecule has 121 heavy (non-hydrogen) atoms. The first-order chi connectivity index (χ1) is 59.4. The number of benzene rings is 1. The second-order valence-electron chi connectivity index (χ2n) is 14.6. The van der Waals surface area contributed by atoms with E-state index in [2.05, 4.69) is 442 Å². The molecule has 0 saturated heterocycles. The lowest BCUT2D eigenvalue weighted by atomic mass is 9.76. The predicted molar refractivity (Wildman–Crippen MR) is 472 cm³/mol. The quantitative estimate of drug-likeness (QED) is 0.0201. The van der Waals surface area contributed by atoms with Crippen molar-refractivity contribution in [3.63, 3.8) is 0 Å². The highest BCUT2D eigenvalue weighted by Crippen LogP contribution is 2.33. The summed E-state index contributed by atoms with van der Waals surface area (Å²) in [6.45, 7) is 141. The van der Waals surface area contributed by atoms with Gasteiger partial charge in [-0.25, -0.2) is 24.3 Å². The summed E-state index contributed by atoms with van der Waals surface area (Å²) in [5.74, 6) is -4.52. The Morgan fingerprint density at radius 1 is 0.397 bits per heavy atom. The molecule has 1 saturated carbocycles. The van der Waals surface area contributed by atoms with Crippen molar-refractivity contribution in [2.24, 2.45) is 23.2 Å². The van der Waals surface area contributed by atoms with Crippen molar-refractivity contribution in [3.05, 3.63) is 364 Å². The number of nitrogens with one attached hydrogen (secondary N) is 1. The van der Waals surface area contributed by atoms with Crippen LogP contribution in [0.2, 0.25) is 0 Å². The number of carboxylic acids is 1. The van der Waals surface area contributed by atoms with Crippen LogP contribution in [0.3, 0.4) is 0 Å². The van der Waals surface area contributed by atoms with Crippen LogP contribution in [0.5, 0.6) is 0 Å². The maximum Gasteiger partial charge on any atom is 0.407 e. The standard InChI is InChI=1S/C36H48N2O35.24C2H4/c1-47-52-56-60-64-68-72-70-66-62-58-54-50-23-36(22-49-35(46)37-17-16-34(44)45,24-51-55-59-63-67-71-73-69-65-61-57-53-48-2)20-29(39)12-13-30(40)28(18-25-6-4-3-5-7-25)19-31(41)27-10-8-26(9-11-27)21-38-32(42)14-15-33(38)43;24*1-2/h3-7,14-15,26-28H,8-13,16-24H2,1-2H3,(H,37,46)(H,44,45);24*1-2H2. The second kappa shape index (κ2) is 194. The zero-order chi connectivity index (χ0) is 101. The molecule has 1 heterocycles. The maximum absolute atomic E-state index is 13.9. The van der Waals surface area contributed by atoms with Crippen molar-refractivity contribution in [2.75, 3.05) is 47.1 Å². The van der Waals surface area contributed by atoms with Crippen molar-refractivity contribution in [2.45, 2.75) is 64.2 Å². The summed E-state index contributed by atoms with van der Waals surface area (Å²) >= 11 is 0. The summed E-state index contributed by atoms with van der Waals surface area (Å²) < 4.78 is 5.21. The molecule has 700 valence electrons. The monoisotopic (exact) mass is 1740 g/mol. The lowest BCUT2D eigenvalue weighted by Gasteiger charge is -2.30. The summed E-state index contributed by atoms with van der Waals surface area (Å²) in [7, 11) is 2.11. The molecule has 0 aromatic heterocycles. The minimum atomic E-state index is -1.93. The van der Waals surface area contributed by atoms with Gasteiger partial charge in [0.15, 0.2) is 0 Å². The molecule has 0 radical (unpaired) electrons. The maximum atomic E-state index is 13.9. The lowest BCUT2D eigenvalue weighted by molar-refractivity contribution is -0.870. The Balaban J connectivity index is -0.0000000873. The van der Waals surface area contributed by atoms with E-state index in [1.807, 2.05) is 0 Å². The van der Waals surface area contributed by atoms with Gasteiger partial charge in [-0.15, -0.1) is 316 Å². The van der Waals surface area contributed by atoms with Gasteiger partial charge in [-0.05, 0) is 154 Å². The summed E-state index contributed by atoms with van der Waals surface area (Å²) in [6.07, 6.45) is 1.38. The number of Topliss-reactive ketones (excluding diaryl/α,β-unsaturated/α-hetero) is 3. The highest BCUT2D eigenvalue weighted by molar-refractivity contribution is 6.12. The van der Waals surface area contributed by atoms with E-state index in [9.17, 15) is 33.6 Å². The van der Waals surface area contributed by atoms with Crippen LogP contribution in [0.25, 0.3) is 0 Å². The van der Waals surface area contributed by atoms with E-state index in [0.717, 1.165) is 19.8 Å². The van der Waals surface area contributed by atoms with Crippen molar-refractivity contribution in [3.8, 4) is 0 Å². The number of carbonyl (C=O) groups excluding carboxylic acids is 6. The zero-order valence-electron chi connectivity index (χ0n) is 72.1. The van der Waals surface area contributed by atoms with Crippen molar-refractivity contribution in [1.82, 2.24) is 10.2 Å². The fourth-order valence-electron chi connectivity index (χ4n) is 6.53. The molecule has 0 spiro atoms. The number of carbonyl (C=O) groups is 7. The van der Waals surface area contributed by atoms with E-state index >= 15 is 0 Å². The Hall–Kier alpha value is -11.4. The van der Waals surface area contributed by atoms with Gasteiger partial charge < -0.3 is 15.2 Å². The Kier molecular flexibility index (Phi) is 269. The van der Waals surface area contributed by atoms with Gasteiger partial charge in [0.2, 0.25) is 0 Å². The van der Waals surface area contributed by atoms with Gasteiger partial charge in [0.1, 0.15) is 24.0 Å². The Bertz CT molecular complexity index is 2070. The van der Waals surface area contributed by atoms with Crippen molar-refractivity contribution < 1.29 is 174 Å². The topological polar surface area (TPSA) is 404 Å². The number of ether oxygens (including phenoxy) is 1. The van der Waals surface area contributed by atoms with Crippen LogP contribution in [0, 0.1) is 23.2 Å². The van der Waals surface area contributed by atoms with Gasteiger partial charge in [0.05, 0.1) is 39.3 Å². The van der Waals surface area contributed by atoms with Crippen LogP contribution in [-0.4, -0.2) is 98.4 Å². The van der Waals surface area contributed by atoms with E-state index in [1.54, 1.807) is 30.3 Å². The molecule has 3 rings (SSSR count). The summed E-state index contributed by atoms with van der Waals surface area (Å²) in [4.78, 5) is 108. The number of carboxylic acid groups (broad SMARTS) is 1. The van der Waals surface area contributed by atoms with Gasteiger partial charge in [-0.3, -0.25) is 33.7 Å². The van der Waals surface area contributed by atoms with E-state index in [-0.39, 0.29) is 61.8 Å². The first kappa shape index (κ1) is 168. The van der Waals surface area contributed by atoms with Gasteiger partial charge >= 0.3 is 12.1 Å². The minimum absolute atomic E-state index is 0.0109. The fraction of sp³-hybridized carbons (Fsp3) is 0.250. The van der Waals surface area contributed by atoms with E-state index in [4.69, 9.17) is 19.6 Å². The molecule has 1 aliphatic heterocycles. The van der Waals surface area contributed by atoms with Crippen LogP contribution in [0.4, 0.5) is 4.79 Å². The molecule has 1 atom stereocenters. The summed E-state index contributed by atoms with van der Waals surface area (Å²) in [5, 5.41) is 95.8. The van der Waals surface area contributed by atoms with Crippen LogP contribution >= 0.6 is 0 Å². The van der Waals surface area contributed by atoms with Gasteiger partial charge in [0, 0.05) is 62.8 Å². The third-order valence-corrected chi connectivity index (χ3v) is 9.73. The number of rotatable bonds is 46. The Morgan fingerprint density at radius 2 is 0.686 bits per heavy atom.